The van der Waals surface area contributed by atoms with Crippen molar-refractivity contribution >= 4 is 21.9 Å². The van der Waals surface area contributed by atoms with Gasteiger partial charge in [-0.15, -0.1) is 0 Å². The van der Waals surface area contributed by atoms with E-state index in [1.54, 1.807) is 11.9 Å². The maximum Gasteiger partial charge on any atom is 0.320 e. The Kier molecular flexibility index (Phi) is 5.08. The molecular weight excluding hydrogens is 338 g/mol. The Morgan fingerprint density at radius 2 is 2.29 bits per heavy atom. The summed E-state index contributed by atoms with van der Waals surface area (Å²) in [5.41, 5.74) is 0.840. The molecule has 7 heteroatoms. The lowest BCUT2D eigenvalue weighted by Crippen LogP contribution is -2.37. The van der Waals surface area contributed by atoms with Gasteiger partial charge < -0.3 is 9.63 Å². The summed E-state index contributed by atoms with van der Waals surface area (Å²) in [6.07, 6.45) is 0.512. The largest absolute Gasteiger partial charge is 0.480 e. The number of nitrogens with zero attached hydrogens (tertiary/aromatic N) is 3. The minimum atomic E-state index is -0.855. The molecule has 0 aliphatic heterocycles. The molecule has 0 saturated heterocycles. The molecule has 1 N–H and O–H groups in total. The van der Waals surface area contributed by atoms with Crippen molar-refractivity contribution in [1.29, 1.82) is 0 Å². The van der Waals surface area contributed by atoms with Crippen LogP contribution in [0.5, 0.6) is 0 Å². The fourth-order valence-corrected chi connectivity index (χ4v) is 2.46. The summed E-state index contributed by atoms with van der Waals surface area (Å²) < 4.78 is 6.12. The Morgan fingerprint density at radius 1 is 1.52 bits per heavy atom. The second-order valence-electron chi connectivity index (χ2n) is 4.70. The normalized spacial score (nSPS) is 12.6. The van der Waals surface area contributed by atoms with Crippen LogP contribution in [0.3, 0.4) is 0 Å². The van der Waals surface area contributed by atoms with Crippen molar-refractivity contribution in [3.63, 3.8) is 0 Å². The summed E-state index contributed by atoms with van der Waals surface area (Å²) in [5, 5.41) is 13.1. The van der Waals surface area contributed by atoms with Crippen molar-refractivity contribution in [2.24, 2.45) is 0 Å². The van der Waals surface area contributed by atoms with Crippen LogP contribution in [-0.4, -0.2) is 39.2 Å². The minimum Gasteiger partial charge on any atom is -0.480 e. The van der Waals surface area contributed by atoms with Gasteiger partial charge in [-0.2, -0.15) is 4.98 Å². The Balaban J connectivity index is 2.12. The van der Waals surface area contributed by atoms with Crippen molar-refractivity contribution in [3.05, 3.63) is 34.6 Å². The smallest absolute Gasteiger partial charge is 0.320 e. The number of carbonyl (C=O) groups is 1. The van der Waals surface area contributed by atoms with Crippen LogP contribution in [0.2, 0.25) is 0 Å². The van der Waals surface area contributed by atoms with Gasteiger partial charge in [-0.3, -0.25) is 9.69 Å². The average molecular weight is 354 g/mol. The number of hydrogen-bond donors (Lipinski definition) is 1. The molecule has 1 unspecified atom stereocenters. The van der Waals surface area contributed by atoms with E-state index >= 15 is 0 Å². The molecule has 1 heterocycles. The molecule has 0 aliphatic carbocycles. The number of aliphatic carboxylic acids is 1. The zero-order valence-corrected chi connectivity index (χ0v) is 13.4. The van der Waals surface area contributed by atoms with Gasteiger partial charge in [0.15, 0.2) is 0 Å². The molecule has 0 amide bonds. The van der Waals surface area contributed by atoms with Crippen LogP contribution in [-0.2, 0) is 11.3 Å². The molecule has 112 valence electrons. The molecule has 0 radical (unpaired) electrons. The highest BCUT2D eigenvalue weighted by Gasteiger charge is 2.22. The second-order valence-corrected chi connectivity index (χ2v) is 5.62. The standard InChI is InChI=1S/C14H16BrN3O3/c1-3-11(14(19)20)18(2)8-12-16-13(17-21-12)9-5-4-6-10(15)7-9/h4-7,11H,3,8H2,1-2H3,(H,19,20). The molecule has 1 aromatic heterocycles. The van der Waals surface area contributed by atoms with Gasteiger partial charge >= 0.3 is 5.97 Å². The quantitative estimate of drug-likeness (QED) is 0.859. The van der Waals surface area contributed by atoms with E-state index in [0.29, 0.717) is 24.7 Å². The van der Waals surface area contributed by atoms with Gasteiger partial charge in [0, 0.05) is 10.0 Å². The molecule has 2 rings (SSSR count). The average Bonchev–Trinajstić information content (AvgIpc) is 2.87. The summed E-state index contributed by atoms with van der Waals surface area (Å²) in [6, 6.07) is 7.02. The van der Waals surface area contributed by atoms with Crippen molar-refractivity contribution in [1.82, 2.24) is 15.0 Å². The van der Waals surface area contributed by atoms with Gasteiger partial charge in [0.25, 0.3) is 0 Å². The fourth-order valence-electron chi connectivity index (χ4n) is 2.06. The molecule has 0 aliphatic rings. The van der Waals surface area contributed by atoms with Gasteiger partial charge in [-0.1, -0.05) is 40.1 Å². The van der Waals surface area contributed by atoms with Crippen LogP contribution >= 0.6 is 15.9 Å². The van der Waals surface area contributed by atoms with Gasteiger partial charge in [-0.05, 0) is 25.6 Å². The fraction of sp³-hybridized carbons (Fsp3) is 0.357. The SMILES string of the molecule is CCC(C(=O)O)N(C)Cc1nc(-c2cccc(Br)c2)no1. The first-order chi connectivity index (χ1) is 10.0. The number of carboxylic acid groups (broad SMARTS) is 1. The predicted molar refractivity (Wildman–Crippen MR) is 80.6 cm³/mol. The summed E-state index contributed by atoms with van der Waals surface area (Å²) >= 11 is 3.39. The lowest BCUT2D eigenvalue weighted by atomic mass is 10.2. The third-order valence-electron chi connectivity index (χ3n) is 3.14. The summed E-state index contributed by atoms with van der Waals surface area (Å²) in [7, 11) is 1.73. The van der Waals surface area contributed by atoms with E-state index in [9.17, 15) is 4.79 Å². The Bertz CT molecular complexity index is 629. The molecule has 0 bridgehead atoms. The Hall–Kier alpha value is -1.73. The van der Waals surface area contributed by atoms with Gasteiger partial charge in [0.1, 0.15) is 6.04 Å². The highest BCUT2D eigenvalue weighted by Crippen LogP contribution is 2.20. The summed E-state index contributed by atoms with van der Waals surface area (Å²) in [6.45, 7) is 2.13. The third kappa shape index (κ3) is 3.89. The monoisotopic (exact) mass is 353 g/mol. The van der Waals surface area contributed by atoms with Gasteiger partial charge in [0.2, 0.25) is 11.7 Å². The van der Waals surface area contributed by atoms with Gasteiger partial charge in [-0.25, -0.2) is 0 Å². The number of halogens is 1. The number of likely N-dealkylation sites (N-methyl/N-ethyl adjacent to an activating group) is 1. The van der Waals surface area contributed by atoms with Crippen LogP contribution < -0.4 is 0 Å². The highest BCUT2D eigenvalue weighted by atomic mass is 79.9. The Labute approximate surface area is 130 Å². The molecule has 6 nitrogen and oxygen atoms in total. The zero-order valence-electron chi connectivity index (χ0n) is 11.8. The van der Waals surface area contributed by atoms with E-state index in [-0.39, 0.29) is 0 Å². The van der Waals surface area contributed by atoms with Crippen LogP contribution in [0.1, 0.15) is 19.2 Å². The van der Waals surface area contributed by atoms with Crippen LogP contribution in [0.25, 0.3) is 11.4 Å². The van der Waals surface area contributed by atoms with Crippen molar-refractivity contribution in [2.75, 3.05) is 7.05 Å². The van der Waals surface area contributed by atoms with E-state index in [1.165, 1.54) is 0 Å². The van der Waals surface area contributed by atoms with E-state index in [0.717, 1.165) is 10.0 Å². The Morgan fingerprint density at radius 3 is 2.90 bits per heavy atom. The molecule has 0 fully saturated rings. The first kappa shape index (κ1) is 15.7. The molecular formula is C14H16BrN3O3. The summed E-state index contributed by atoms with van der Waals surface area (Å²) in [5.74, 6) is 0.0296. The predicted octanol–water partition coefficient (Wildman–Crippen LogP) is 2.79. The van der Waals surface area contributed by atoms with Crippen molar-refractivity contribution in [3.8, 4) is 11.4 Å². The number of carboxylic acids is 1. The van der Waals surface area contributed by atoms with E-state index in [1.807, 2.05) is 31.2 Å². The lowest BCUT2D eigenvalue weighted by Gasteiger charge is -2.21. The second kappa shape index (κ2) is 6.82. The van der Waals surface area contributed by atoms with E-state index in [2.05, 4.69) is 26.1 Å². The minimum absolute atomic E-state index is 0.297. The lowest BCUT2D eigenvalue weighted by molar-refractivity contribution is -0.143. The first-order valence-corrected chi connectivity index (χ1v) is 7.32. The molecule has 0 spiro atoms. The molecule has 21 heavy (non-hydrogen) atoms. The van der Waals surface area contributed by atoms with Crippen LogP contribution in [0, 0.1) is 0 Å². The summed E-state index contributed by atoms with van der Waals surface area (Å²) in [4.78, 5) is 17.1. The molecule has 2 aromatic rings. The molecule has 0 saturated carbocycles. The number of aromatic nitrogens is 2. The maximum absolute atomic E-state index is 11.1. The first-order valence-electron chi connectivity index (χ1n) is 6.52. The van der Waals surface area contributed by atoms with Crippen LogP contribution in [0.15, 0.2) is 33.3 Å². The topological polar surface area (TPSA) is 79.5 Å². The number of hydrogen-bond acceptors (Lipinski definition) is 5. The maximum atomic E-state index is 11.1. The highest BCUT2D eigenvalue weighted by molar-refractivity contribution is 9.10. The van der Waals surface area contributed by atoms with E-state index in [4.69, 9.17) is 9.63 Å². The van der Waals surface area contributed by atoms with E-state index < -0.39 is 12.0 Å². The molecule has 1 aromatic carbocycles. The third-order valence-corrected chi connectivity index (χ3v) is 3.63. The van der Waals surface area contributed by atoms with Crippen LogP contribution in [0.4, 0.5) is 0 Å². The van der Waals surface area contributed by atoms with Crippen molar-refractivity contribution < 1.29 is 14.4 Å². The van der Waals surface area contributed by atoms with Crippen molar-refractivity contribution in [2.45, 2.75) is 25.9 Å². The van der Waals surface area contributed by atoms with Gasteiger partial charge in [0.05, 0.1) is 6.54 Å². The number of rotatable bonds is 6. The zero-order chi connectivity index (χ0) is 15.4. The molecule has 1 atom stereocenters. The number of benzene rings is 1.